The minimum Gasteiger partial charge on any atom is -0.359 e. The lowest BCUT2D eigenvalue weighted by Gasteiger charge is -2.19. The van der Waals surface area contributed by atoms with E-state index in [4.69, 9.17) is 4.52 Å². The number of allylic oxidation sites excluding steroid dienone is 1. The van der Waals surface area contributed by atoms with Gasteiger partial charge in [-0.3, -0.25) is 10.1 Å². The molecule has 1 aromatic carbocycles. The average Bonchev–Trinajstić information content (AvgIpc) is 3.27. The first-order valence-corrected chi connectivity index (χ1v) is 10.2. The van der Waals surface area contributed by atoms with E-state index in [1.807, 2.05) is 26.8 Å². The molecule has 1 saturated heterocycles. The number of hydrogen-bond donors (Lipinski definition) is 4. The number of fused-ring (bicyclic) bond motifs is 1. The van der Waals surface area contributed by atoms with Crippen LogP contribution in [0.3, 0.4) is 0 Å². The van der Waals surface area contributed by atoms with Gasteiger partial charge in [-0.2, -0.15) is 0 Å². The van der Waals surface area contributed by atoms with Crippen LogP contribution < -0.4 is 21.3 Å². The van der Waals surface area contributed by atoms with Crippen LogP contribution in [-0.4, -0.2) is 30.2 Å². The van der Waals surface area contributed by atoms with Crippen molar-refractivity contribution < 1.29 is 14.1 Å². The fourth-order valence-electron chi connectivity index (χ4n) is 3.65. The van der Waals surface area contributed by atoms with Gasteiger partial charge in [0.15, 0.2) is 5.82 Å². The van der Waals surface area contributed by atoms with Crippen molar-refractivity contribution in [1.82, 2.24) is 10.5 Å². The molecule has 2 aliphatic heterocycles. The van der Waals surface area contributed by atoms with Crippen LogP contribution in [0.1, 0.15) is 44.9 Å². The van der Waals surface area contributed by atoms with E-state index in [2.05, 4.69) is 32.5 Å². The third-order valence-corrected chi connectivity index (χ3v) is 5.34. The van der Waals surface area contributed by atoms with Gasteiger partial charge in [-0.25, -0.2) is 4.79 Å². The Morgan fingerprint density at radius 1 is 1.20 bits per heavy atom. The Hall–Kier alpha value is -3.13. The Morgan fingerprint density at radius 2 is 1.97 bits per heavy atom. The average molecular weight is 409 g/mol. The number of urea groups is 1. The maximum Gasteiger partial charge on any atom is 0.324 e. The minimum atomic E-state index is -0.432. The van der Waals surface area contributed by atoms with Crippen molar-refractivity contribution in [2.75, 3.05) is 29.0 Å². The highest BCUT2D eigenvalue weighted by Crippen LogP contribution is 2.35. The summed E-state index contributed by atoms with van der Waals surface area (Å²) in [4.78, 5) is 24.8. The molecular weight excluding hydrogens is 382 g/mol. The van der Waals surface area contributed by atoms with Crippen LogP contribution in [0.25, 0.3) is 5.57 Å². The van der Waals surface area contributed by atoms with Crippen molar-refractivity contribution in [2.24, 2.45) is 5.92 Å². The van der Waals surface area contributed by atoms with E-state index in [1.54, 1.807) is 18.2 Å². The van der Waals surface area contributed by atoms with Gasteiger partial charge < -0.3 is 20.5 Å². The van der Waals surface area contributed by atoms with Crippen LogP contribution >= 0.6 is 0 Å². The summed E-state index contributed by atoms with van der Waals surface area (Å²) in [5.74, 6) is 1.34. The summed E-state index contributed by atoms with van der Waals surface area (Å²) >= 11 is 0. The van der Waals surface area contributed by atoms with Crippen molar-refractivity contribution in [3.8, 4) is 0 Å². The molecule has 8 nitrogen and oxygen atoms in total. The number of piperidine rings is 1. The Labute approximate surface area is 175 Å². The molecule has 0 saturated carbocycles. The molecule has 2 aromatic rings. The summed E-state index contributed by atoms with van der Waals surface area (Å²) in [6.07, 6.45) is 4.15. The van der Waals surface area contributed by atoms with Crippen LogP contribution in [0.15, 0.2) is 34.9 Å². The second-order valence-corrected chi connectivity index (χ2v) is 8.79. The number of carbonyl (C=O) groups excluding carboxylic acids is 2. The molecule has 1 fully saturated rings. The number of carbonyl (C=O) groups is 2. The molecule has 1 aromatic heterocycles. The number of anilines is 3. The lowest BCUT2D eigenvalue weighted by Crippen LogP contribution is -2.27. The second kappa shape index (κ2) is 7.95. The van der Waals surface area contributed by atoms with Crippen molar-refractivity contribution in [3.05, 3.63) is 41.7 Å². The van der Waals surface area contributed by atoms with Gasteiger partial charge >= 0.3 is 6.03 Å². The molecule has 0 aliphatic carbocycles. The maximum atomic E-state index is 12.4. The van der Waals surface area contributed by atoms with E-state index in [0.29, 0.717) is 34.4 Å². The number of rotatable bonds is 3. The first-order chi connectivity index (χ1) is 14.3. The highest BCUT2D eigenvalue weighted by molar-refractivity contribution is 6.31. The van der Waals surface area contributed by atoms with Crippen LogP contribution in [0.2, 0.25) is 0 Å². The molecule has 3 amide bonds. The van der Waals surface area contributed by atoms with E-state index in [-0.39, 0.29) is 11.3 Å². The van der Waals surface area contributed by atoms with Crippen molar-refractivity contribution >= 4 is 34.7 Å². The van der Waals surface area contributed by atoms with Crippen LogP contribution in [0, 0.1) is 5.92 Å². The Balaban J connectivity index is 1.44. The SMILES string of the molecule is CC(C)(C)c1cc(NC(=O)Nc2ccc3c(c2)NC(=O)/C3=C\C2CCNCC2)no1. The lowest BCUT2D eigenvalue weighted by molar-refractivity contribution is -0.110. The molecular formula is C22H27N5O3. The summed E-state index contributed by atoms with van der Waals surface area (Å²) in [6, 6.07) is 6.69. The Bertz CT molecular complexity index is 996. The second-order valence-electron chi connectivity index (χ2n) is 8.79. The van der Waals surface area contributed by atoms with E-state index in [1.165, 1.54) is 0 Å². The van der Waals surface area contributed by atoms with E-state index < -0.39 is 6.03 Å². The first kappa shape index (κ1) is 20.2. The number of nitrogens with zero attached hydrogens (tertiary/aromatic N) is 1. The summed E-state index contributed by atoms with van der Waals surface area (Å²) in [5, 5.41) is 15.5. The van der Waals surface area contributed by atoms with Gasteiger partial charge in [-0.1, -0.05) is 38.1 Å². The third kappa shape index (κ3) is 4.38. The predicted molar refractivity (Wildman–Crippen MR) is 116 cm³/mol. The number of aromatic nitrogens is 1. The van der Waals surface area contributed by atoms with Crippen LogP contribution in [0.4, 0.5) is 22.0 Å². The topological polar surface area (TPSA) is 108 Å². The fraction of sp³-hybridized carbons (Fsp3) is 0.409. The zero-order chi connectivity index (χ0) is 21.3. The maximum absolute atomic E-state index is 12.4. The van der Waals surface area contributed by atoms with Gasteiger partial charge in [0.05, 0.1) is 5.69 Å². The van der Waals surface area contributed by atoms with Crippen molar-refractivity contribution in [1.29, 1.82) is 0 Å². The number of hydrogen-bond acceptors (Lipinski definition) is 5. The smallest absolute Gasteiger partial charge is 0.324 e. The molecule has 4 N–H and O–H groups in total. The minimum absolute atomic E-state index is 0.0950. The van der Waals surface area contributed by atoms with E-state index in [0.717, 1.165) is 31.5 Å². The lowest BCUT2D eigenvalue weighted by atomic mass is 9.93. The molecule has 8 heteroatoms. The zero-order valence-corrected chi connectivity index (χ0v) is 17.5. The quantitative estimate of drug-likeness (QED) is 0.574. The van der Waals surface area contributed by atoms with Gasteiger partial charge in [0.2, 0.25) is 0 Å². The van der Waals surface area contributed by atoms with Gasteiger partial charge in [-0.15, -0.1) is 0 Å². The van der Waals surface area contributed by atoms with Crippen molar-refractivity contribution in [2.45, 2.75) is 39.0 Å². The number of nitrogens with one attached hydrogen (secondary N) is 4. The van der Waals surface area contributed by atoms with Crippen LogP contribution in [-0.2, 0) is 10.2 Å². The van der Waals surface area contributed by atoms with Crippen molar-refractivity contribution in [3.63, 3.8) is 0 Å². The summed E-state index contributed by atoms with van der Waals surface area (Å²) in [7, 11) is 0. The Morgan fingerprint density at radius 3 is 2.67 bits per heavy atom. The van der Waals surface area contributed by atoms with Gasteiger partial charge in [-0.05, 0) is 44.0 Å². The highest BCUT2D eigenvalue weighted by Gasteiger charge is 2.26. The zero-order valence-electron chi connectivity index (χ0n) is 17.5. The van der Waals surface area contributed by atoms with E-state index >= 15 is 0 Å². The largest absolute Gasteiger partial charge is 0.359 e. The molecule has 0 atom stereocenters. The van der Waals surface area contributed by atoms with Crippen LogP contribution in [0.5, 0.6) is 0 Å². The summed E-state index contributed by atoms with van der Waals surface area (Å²) in [5.41, 5.74) is 2.67. The fourth-order valence-corrected chi connectivity index (χ4v) is 3.65. The predicted octanol–water partition coefficient (Wildman–Crippen LogP) is 3.95. The third-order valence-electron chi connectivity index (χ3n) is 5.34. The number of amides is 3. The molecule has 0 bridgehead atoms. The van der Waals surface area contributed by atoms with Gasteiger partial charge in [0.25, 0.3) is 5.91 Å². The van der Waals surface area contributed by atoms with Gasteiger partial charge in [0.1, 0.15) is 5.76 Å². The summed E-state index contributed by atoms with van der Waals surface area (Å²) < 4.78 is 5.28. The molecule has 0 spiro atoms. The van der Waals surface area contributed by atoms with E-state index in [9.17, 15) is 9.59 Å². The molecule has 2 aliphatic rings. The standard InChI is InChI=1S/C22H27N5O3/c1-22(2,3)18-12-19(27-30-18)26-21(29)24-14-4-5-15-16(20(28)25-17(15)11-14)10-13-6-8-23-9-7-13/h4-5,10-13,23H,6-9H2,1-3H3,(H,25,28)(H2,24,26,27,29)/b16-10-. The molecule has 158 valence electrons. The van der Waals surface area contributed by atoms with Gasteiger partial charge in [0, 0.05) is 28.3 Å². The molecule has 30 heavy (non-hydrogen) atoms. The summed E-state index contributed by atoms with van der Waals surface area (Å²) in [6.45, 7) is 7.96. The first-order valence-electron chi connectivity index (χ1n) is 10.2. The highest BCUT2D eigenvalue weighted by atomic mass is 16.5. The number of benzene rings is 1. The normalized spacial score (nSPS) is 18.2. The molecule has 4 rings (SSSR count). The molecule has 3 heterocycles. The molecule has 0 unspecified atom stereocenters. The molecule has 0 radical (unpaired) electrons. The Kier molecular flexibility index (Phi) is 5.34. The monoisotopic (exact) mass is 409 g/mol.